The molecule has 0 atom stereocenters. The number of rotatable bonds is 4. The predicted octanol–water partition coefficient (Wildman–Crippen LogP) is 3.70. The number of aromatic nitrogens is 1. The molecule has 0 radical (unpaired) electrons. The van der Waals surface area contributed by atoms with Crippen LogP contribution in [0.25, 0.3) is 0 Å². The molecule has 0 fully saturated rings. The molecular formula is C14H17N3S2. The Balaban J connectivity index is 2.39. The zero-order valence-electron chi connectivity index (χ0n) is 11.3. The maximum Gasteiger partial charge on any atom is 0.187 e. The van der Waals surface area contributed by atoms with Crippen molar-refractivity contribution < 1.29 is 0 Å². The summed E-state index contributed by atoms with van der Waals surface area (Å²) in [6, 6.07) is 5.92. The van der Waals surface area contributed by atoms with E-state index in [4.69, 9.17) is 18.0 Å². The lowest BCUT2D eigenvalue weighted by Gasteiger charge is -2.11. The monoisotopic (exact) mass is 291 g/mol. The number of hydrogen-bond donors (Lipinski definition) is 2. The van der Waals surface area contributed by atoms with Crippen LogP contribution >= 0.6 is 23.6 Å². The third kappa shape index (κ3) is 2.93. The highest BCUT2D eigenvalue weighted by Crippen LogP contribution is 2.29. The average Bonchev–Trinajstić information content (AvgIpc) is 2.71. The first kappa shape index (κ1) is 14.0. The van der Waals surface area contributed by atoms with Gasteiger partial charge in [0.25, 0.3) is 0 Å². The highest BCUT2D eigenvalue weighted by molar-refractivity contribution is 7.80. The van der Waals surface area contributed by atoms with Crippen LogP contribution in [-0.4, -0.2) is 9.97 Å². The van der Waals surface area contributed by atoms with Crippen LogP contribution < -0.4 is 11.1 Å². The van der Waals surface area contributed by atoms with Gasteiger partial charge in [-0.1, -0.05) is 31.3 Å². The first-order chi connectivity index (χ1) is 9.02. The van der Waals surface area contributed by atoms with Gasteiger partial charge in [0.2, 0.25) is 0 Å². The minimum Gasteiger partial charge on any atom is -0.389 e. The molecule has 0 unspecified atom stereocenters. The highest BCUT2D eigenvalue weighted by Gasteiger charge is 2.11. The number of nitrogens with zero attached hydrogens (tertiary/aromatic N) is 1. The van der Waals surface area contributed by atoms with Crippen molar-refractivity contribution in [3.63, 3.8) is 0 Å². The van der Waals surface area contributed by atoms with Crippen molar-refractivity contribution in [3.05, 3.63) is 39.9 Å². The molecule has 1 heterocycles. The number of thiazole rings is 1. The molecule has 3 N–H and O–H groups in total. The predicted molar refractivity (Wildman–Crippen MR) is 86.6 cm³/mol. The number of nitrogens with one attached hydrogen (secondary N) is 1. The smallest absolute Gasteiger partial charge is 0.187 e. The Morgan fingerprint density at radius 1 is 1.42 bits per heavy atom. The van der Waals surface area contributed by atoms with Crippen LogP contribution in [0.1, 0.15) is 28.6 Å². The van der Waals surface area contributed by atoms with E-state index >= 15 is 0 Å². The van der Waals surface area contributed by atoms with E-state index < -0.39 is 0 Å². The van der Waals surface area contributed by atoms with Crippen molar-refractivity contribution in [1.82, 2.24) is 4.98 Å². The second-order valence-corrected chi connectivity index (χ2v) is 6.01. The molecule has 0 bridgehead atoms. The lowest BCUT2D eigenvalue weighted by Crippen LogP contribution is -2.12. The Morgan fingerprint density at radius 3 is 2.74 bits per heavy atom. The summed E-state index contributed by atoms with van der Waals surface area (Å²) >= 11 is 6.76. The minimum absolute atomic E-state index is 0.398. The van der Waals surface area contributed by atoms with Crippen LogP contribution in [0.3, 0.4) is 0 Å². The third-order valence-corrected chi connectivity index (χ3v) is 4.15. The van der Waals surface area contributed by atoms with Crippen LogP contribution in [0.5, 0.6) is 0 Å². The average molecular weight is 291 g/mol. The fourth-order valence-corrected chi connectivity index (χ4v) is 3.03. The number of nitrogens with two attached hydrogens (primary N) is 1. The number of para-hydroxylation sites is 1. The van der Waals surface area contributed by atoms with E-state index in [-0.39, 0.29) is 0 Å². The van der Waals surface area contributed by atoms with Gasteiger partial charge in [-0.05, 0) is 31.9 Å². The molecule has 0 saturated carbocycles. The Bertz CT molecular complexity index is 617. The Hall–Kier alpha value is -1.46. The van der Waals surface area contributed by atoms with Gasteiger partial charge in [-0.3, -0.25) is 0 Å². The summed E-state index contributed by atoms with van der Waals surface area (Å²) in [5.41, 5.74) is 9.83. The number of aryl methyl sites for hydroxylation is 3. The van der Waals surface area contributed by atoms with Crippen LogP contribution in [0.15, 0.2) is 18.2 Å². The standard InChI is InChI=1S/C14H17N3S2/c1-4-11-9(3)19-14(16-11)17-12-8(2)6-5-7-10(12)13(15)18/h5-7H,4H2,1-3H3,(H2,15,18)(H,16,17). The van der Waals surface area contributed by atoms with Gasteiger partial charge < -0.3 is 11.1 Å². The van der Waals surface area contributed by atoms with Crippen molar-refractivity contribution in [2.75, 3.05) is 5.32 Å². The first-order valence-corrected chi connectivity index (χ1v) is 7.38. The Morgan fingerprint density at radius 2 is 2.16 bits per heavy atom. The quantitative estimate of drug-likeness (QED) is 0.843. The van der Waals surface area contributed by atoms with Crippen molar-refractivity contribution in [1.29, 1.82) is 0 Å². The van der Waals surface area contributed by atoms with Crippen molar-refractivity contribution >= 4 is 39.4 Å². The summed E-state index contributed by atoms with van der Waals surface area (Å²) in [4.78, 5) is 6.23. The number of benzene rings is 1. The number of thiocarbonyl (C=S) groups is 1. The molecule has 0 spiro atoms. The summed E-state index contributed by atoms with van der Waals surface area (Å²) in [6.45, 7) is 6.24. The molecule has 100 valence electrons. The van der Waals surface area contributed by atoms with E-state index in [0.29, 0.717) is 4.99 Å². The molecule has 3 nitrogen and oxygen atoms in total. The van der Waals surface area contributed by atoms with Crippen LogP contribution in [0.4, 0.5) is 10.8 Å². The number of hydrogen-bond acceptors (Lipinski definition) is 4. The van der Waals surface area contributed by atoms with Gasteiger partial charge in [-0.15, -0.1) is 11.3 Å². The van der Waals surface area contributed by atoms with Crippen LogP contribution in [-0.2, 0) is 6.42 Å². The van der Waals surface area contributed by atoms with Gasteiger partial charge in [-0.2, -0.15) is 0 Å². The zero-order valence-corrected chi connectivity index (χ0v) is 12.9. The summed E-state index contributed by atoms with van der Waals surface area (Å²) in [6.07, 6.45) is 0.944. The summed E-state index contributed by atoms with van der Waals surface area (Å²) in [5, 5.41) is 4.25. The van der Waals surface area contributed by atoms with Gasteiger partial charge in [0, 0.05) is 10.4 Å². The van der Waals surface area contributed by atoms with Gasteiger partial charge >= 0.3 is 0 Å². The second kappa shape index (κ2) is 5.67. The van der Waals surface area contributed by atoms with Gasteiger partial charge in [-0.25, -0.2) is 4.98 Å². The molecule has 0 aliphatic heterocycles. The lowest BCUT2D eigenvalue weighted by atomic mass is 10.1. The molecule has 0 saturated heterocycles. The molecule has 0 aliphatic rings. The van der Waals surface area contributed by atoms with Crippen molar-refractivity contribution in [3.8, 4) is 0 Å². The maximum absolute atomic E-state index is 5.77. The zero-order chi connectivity index (χ0) is 14.0. The molecular weight excluding hydrogens is 274 g/mol. The summed E-state index contributed by atoms with van der Waals surface area (Å²) in [7, 11) is 0. The maximum atomic E-state index is 5.77. The van der Waals surface area contributed by atoms with E-state index in [9.17, 15) is 0 Å². The second-order valence-electron chi connectivity index (χ2n) is 4.36. The fourth-order valence-electron chi connectivity index (χ4n) is 1.96. The van der Waals surface area contributed by atoms with Crippen molar-refractivity contribution in [2.24, 2.45) is 5.73 Å². The molecule has 0 aliphatic carbocycles. The molecule has 19 heavy (non-hydrogen) atoms. The third-order valence-electron chi connectivity index (χ3n) is 3.00. The van der Waals surface area contributed by atoms with Crippen molar-refractivity contribution in [2.45, 2.75) is 27.2 Å². The first-order valence-electron chi connectivity index (χ1n) is 6.15. The molecule has 0 amide bonds. The summed E-state index contributed by atoms with van der Waals surface area (Å²) < 4.78 is 0. The highest BCUT2D eigenvalue weighted by atomic mass is 32.1. The van der Waals surface area contributed by atoms with E-state index in [1.807, 2.05) is 25.1 Å². The van der Waals surface area contributed by atoms with Gasteiger partial charge in [0.1, 0.15) is 4.99 Å². The van der Waals surface area contributed by atoms with Crippen LogP contribution in [0.2, 0.25) is 0 Å². The SMILES string of the molecule is CCc1nc(Nc2c(C)cccc2C(N)=S)sc1C. The Kier molecular flexibility index (Phi) is 4.17. The topological polar surface area (TPSA) is 50.9 Å². The number of anilines is 2. The molecule has 5 heteroatoms. The molecule has 1 aromatic heterocycles. The van der Waals surface area contributed by atoms with E-state index in [1.165, 1.54) is 4.88 Å². The largest absolute Gasteiger partial charge is 0.389 e. The van der Waals surface area contributed by atoms with E-state index in [2.05, 4.69) is 24.1 Å². The van der Waals surface area contributed by atoms with E-state index in [0.717, 1.165) is 34.1 Å². The van der Waals surface area contributed by atoms with E-state index in [1.54, 1.807) is 11.3 Å². The lowest BCUT2D eigenvalue weighted by molar-refractivity contribution is 1.05. The molecule has 2 aromatic rings. The molecule has 1 aromatic carbocycles. The molecule has 2 rings (SSSR count). The minimum atomic E-state index is 0.398. The normalized spacial score (nSPS) is 10.5. The summed E-state index contributed by atoms with van der Waals surface area (Å²) in [5.74, 6) is 0. The fraction of sp³-hybridized carbons (Fsp3) is 0.286. The van der Waals surface area contributed by atoms with Crippen LogP contribution in [0, 0.1) is 13.8 Å². The van der Waals surface area contributed by atoms with Gasteiger partial charge in [0.15, 0.2) is 5.13 Å². The Labute approximate surface area is 122 Å². The van der Waals surface area contributed by atoms with Gasteiger partial charge in [0.05, 0.1) is 11.4 Å².